The largest absolute Gasteiger partial charge is 0.232 e. The molecule has 3 heteroatoms. The first-order chi connectivity index (χ1) is 10.4. The first-order valence-corrected chi connectivity index (χ1v) is 6.72. The number of nitriles is 1. The molecule has 0 unspecified atom stereocenters. The highest BCUT2D eigenvalue weighted by Gasteiger charge is 2.08. The van der Waals surface area contributed by atoms with Crippen molar-refractivity contribution in [2.45, 2.75) is 6.42 Å². The van der Waals surface area contributed by atoms with Gasteiger partial charge in [0.15, 0.2) is 5.82 Å². The van der Waals surface area contributed by atoms with Crippen molar-refractivity contribution < 1.29 is 0 Å². The molecule has 0 aliphatic heterocycles. The van der Waals surface area contributed by atoms with Gasteiger partial charge in [-0.3, -0.25) is 0 Å². The van der Waals surface area contributed by atoms with E-state index < -0.39 is 0 Å². The summed E-state index contributed by atoms with van der Waals surface area (Å²) in [6.07, 6.45) is 0.280. The monoisotopic (exact) mass is 271 g/mol. The number of hydrogen-bond acceptors (Lipinski definition) is 3. The van der Waals surface area contributed by atoms with Gasteiger partial charge < -0.3 is 0 Å². The molecule has 0 atom stereocenters. The fraction of sp³-hybridized carbons (Fsp3) is 0.0556. The Morgan fingerprint density at radius 3 is 2.05 bits per heavy atom. The fourth-order valence-electron chi connectivity index (χ4n) is 2.14. The Balaban J connectivity index is 2.13. The fourth-order valence-corrected chi connectivity index (χ4v) is 2.14. The molecular weight excluding hydrogens is 258 g/mol. The van der Waals surface area contributed by atoms with Crippen molar-refractivity contribution in [3.8, 4) is 28.7 Å². The highest BCUT2D eigenvalue weighted by Crippen LogP contribution is 2.22. The summed E-state index contributed by atoms with van der Waals surface area (Å²) in [6, 6.07) is 23.8. The Bertz CT molecular complexity index is 717. The van der Waals surface area contributed by atoms with Crippen molar-refractivity contribution in [2.75, 3.05) is 0 Å². The first kappa shape index (κ1) is 13.0. The van der Waals surface area contributed by atoms with Crippen molar-refractivity contribution in [1.29, 1.82) is 5.26 Å². The highest BCUT2D eigenvalue weighted by molar-refractivity contribution is 5.64. The second-order valence-corrected chi connectivity index (χ2v) is 4.64. The van der Waals surface area contributed by atoms with Crippen molar-refractivity contribution in [2.24, 2.45) is 0 Å². The van der Waals surface area contributed by atoms with Crippen LogP contribution in [0.3, 0.4) is 0 Å². The smallest absolute Gasteiger partial charge is 0.160 e. The van der Waals surface area contributed by atoms with Crippen LogP contribution in [0.4, 0.5) is 0 Å². The van der Waals surface area contributed by atoms with Gasteiger partial charge in [0, 0.05) is 11.1 Å². The Hall–Kier alpha value is -2.99. The molecule has 0 N–H and O–H groups in total. The van der Waals surface area contributed by atoms with Crippen LogP contribution < -0.4 is 0 Å². The summed E-state index contributed by atoms with van der Waals surface area (Å²) < 4.78 is 0. The van der Waals surface area contributed by atoms with Gasteiger partial charge >= 0.3 is 0 Å². The quantitative estimate of drug-likeness (QED) is 0.726. The summed E-state index contributed by atoms with van der Waals surface area (Å²) in [5.74, 6) is 0.655. The molecule has 0 aliphatic rings. The molecule has 1 aromatic heterocycles. The van der Waals surface area contributed by atoms with Gasteiger partial charge in [0.25, 0.3) is 0 Å². The second-order valence-electron chi connectivity index (χ2n) is 4.64. The number of aromatic nitrogens is 2. The molecule has 2 aromatic carbocycles. The molecule has 3 aromatic rings. The summed E-state index contributed by atoms with van der Waals surface area (Å²) in [5.41, 5.74) is 3.56. The summed E-state index contributed by atoms with van der Waals surface area (Å²) in [6.45, 7) is 0. The first-order valence-electron chi connectivity index (χ1n) is 6.72. The molecule has 0 aliphatic carbocycles. The van der Waals surface area contributed by atoms with Crippen LogP contribution in [-0.4, -0.2) is 9.97 Å². The maximum absolute atomic E-state index is 8.93. The van der Waals surface area contributed by atoms with Gasteiger partial charge in [0.1, 0.15) is 0 Å². The molecular formula is C18H13N3. The lowest BCUT2D eigenvalue weighted by molar-refractivity contribution is 1.07. The van der Waals surface area contributed by atoms with Crippen LogP contribution in [0.2, 0.25) is 0 Å². The molecule has 0 saturated heterocycles. The summed E-state index contributed by atoms with van der Waals surface area (Å²) in [4.78, 5) is 9.12. The second kappa shape index (κ2) is 5.98. The average Bonchev–Trinajstić information content (AvgIpc) is 2.56. The maximum Gasteiger partial charge on any atom is 0.160 e. The van der Waals surface area contributed by atoms with Crippen molar-refractivity contribution in [1.82, 2.24) is 9.97 Å². The van der Waals surface area contributed by atoms with Gasteiger partial charge in [0.05, 0.1) is 23.9 Å². The molecule has 21 heavy (non-hydrogen) atoms. The minimum absolute atomic E-state index is 0.280. The lowest BCUT2D eigenvalue weighted by Gasteiger charge is -2.07. The highest BCUT2D eigenvalue weighted by atomic mass is 14.9. The van der Waals surface area contributed by atoms with Gasteiger partial charge in [-0.25, -0.2) is 9.97 Å². The number of hydrogen-bond donors (Lipinski definition) is 0. The molecule has 0 radical (unpaired) electrons. The Labute approximate surface area is 123 Å². The molecule has 0 amide bonds. The van der Waals surface area contributed by atoms with Gasteiger partial charge in [-0.15, -0.1) is 0 Å². The average molecular weight is 271 g/mol. The van der Waals surface area contributed by atoms with Gasteiger partial charge in [-0.2, -0.15) is 5.26 Å². The molecule has 3 nitrogen and oxygen atoms in total. The van der Waals surface area contributed by atoms with E-state index in [0.717, 1.165) is 22.5 Å². The zero-order valence-electron chi connectivity index (χ0n) is 11.4. The number of benzene rings is 2. The summed E-state index contributed by atoms with van der Waals surface area (Å²) >= 11 is 0. The number of nitrogens with zero attached hydrogens (tertiary/aromatic N) is 3. The van der Waals surface area contributed by atoms with E-state index in [1.807, 2.05) is 66.7 Å². The number of rotatable bonds is 3. The zero-order valence-corrected chi connectivity index (χ0v) is 11.4. The van der Waals surface area contributed by atoms with Crippen LogP contribution >= 0.6 is 0 Å². The van der Waals surface area contributed by atoms with Crippen LogP contribution in [0.15, 0.2) is 66.7 Å². The molecule has 0 fully saturated rings. The predicted octanol–water partition coefficient (Wildman–Crippen LogP) is 3.88. The third kappa shape index (κ3) is 2.96. The van der Waals surface area contributed by atoms with E-state index in [1.54, 1.807) is 0 Å². The molecule has 1 heterocycles. The van der Waals surface area contributed by atoms with Gasteiger partial charge in [-0.05, 0) is 6.07 Å². The van der Waals surface area contributed by atoms with E-state index in [0.29, 0.717) is 5.82 Å². The van der Waals surface area contributed by atoms with Crippen LogP contribution in [0.25, 0.3) is 22.6 Å². The third-order valence-corrected chi connectivity index (χ3v) is 3.14. The van der Waals surface area contributed by atoms with E-state index in [4.69, 9.17) is 5.26 Å². The normalized spacial score (nSPS) is 10.0. The van der Waals surface area contributed by atoms with Crippen LogP contribution in [-0.2, 0) is 6.42 Å². The topological polar surface area (TPSA) is 49.6 Å². The SMILES string of the molecule is N#CCc1cc(-c2ccccc2)nc(-c2ccccc2)n1. The van der Waals surface area contributed by atoms with Gasteiger partial charge in [0.2, 0.25) is 0 Å². The third-order valence-electron chi connectivity index (χ3n) is 3.14. The predicted molar refractivity (Wildman–Crippen MR) is 82.2 cm³/mol. The maximum atomic E-state index is 8.93. The van der Waals surface area contributed by atoms with Crippen molar-refractivity contribution in [3.05, 3.63) is 72.4 Å². The Morgan fingerprint density at radius 2 is 1.43 bits per heavy atom. The molecule has 3 rings (SSSR count). The lowest BCUT2D eigenvalue weighted by Crippen LogP contribution is -1.97. The lowest BCUT2D eigenvalue weighted by atomic mass is 10.1. The molecule has 0 saturated carbocycles. The van der Waals surface area contributed by atoms with E-state index in [2.05, 4.69) is 16.0 Å². The molecule has 100 valence electrons. The minimum Gasteiger partial charge on any atom is -0.232 e. The standard InChI is InChI=1S/C18H13N3/c19-12-11-16-13-17(14-7-3-1-4-8-14)21-18(20-16)15-9-5-2-6-10-15/h1-10,13H,11H2. The van der Waals surface area contributed by atoms with Gasteiger partial charge in [-0.1, -0.05) is 60.7 Å². The summed E-state index contributed by atoms with van der Waals surface area (Å²) in [5, 5.41) is 8.93. The van der Waals surface area contributed by atoms with E-state index in [9.17, 15) is 0 Å². The van der Waals surface area contributed by atoms with E-state index in [1.165, 1.54) is 0 Å². The zero-order chi connectivity index (χ0) is 14.5. The van der Waals surface area contributed by atoms with Crippen LogP contribution in [0, 0.1) is 11.3 Å². The van der Waals surface area contributed by atoms with E-state index >= 15 is 0 Å². The molecule has 0 spiro atoms. The Kier molecular flexibility index (Phi) is 3.70. The summed E-state index contributed by atoms with van der Waals surface area (Å²) in [7, 11) is 0. The van der Waals surface area contributed by atoms with Crippen molar-refractivity contribution in [3.63, 3.8) is 0 Å². The van der Waals surface area contributed by atoms with Crippen LogP contribution in [0.1, 0.15) is 5.69 Å². The minimum atomic E-state index is 0.280. The molecule has 0 bridgehead atoms. The Morgan fingerprint density at radius 1 is 0.810 bits per heavy atom. The van der Waals surface area contributed by atoms with E-state index in [-0.39, 0.29) is 6.42 Å². The van der Waals surface area contributed by atoms with Crippen LogP contribution in [0.5, 0.6) is 0 Å². The van der Waals surface area contributed by atoms with Crippen molar-refractivity contribution >= 4 is 0 Å².